The summed E-state index contributed by atoms with van der Waals surface area (Å²) >= 11 is 2.78. The van der Waals surface area contributed by atoms with Gasteiger partial charge in [-0.2, -0.15) is 0 Å². The van der Waals surface area contributed by atoms with Crippen LogP contribution in [0.4, 0.5) is 0 Å². The number of thiophene rings is 2. The van der Waals surface area contributed by atoms with Gasteiger partial charge in [-0.1, -0.05) is 42.5 Å². The molecule has 170 valence electrons. The number of piperidine rings is 3. The number of carbonyl (C=O) groups excluding carboxylic acids is 1. The maximum absolute atomic E-state index is 13.4. The molecule has 3 saturated heterocycles. The monoisotopic (exact) mass is 533 g/mol. The molecule has 5 heterocycles. The van der Waals surface area contributed by atoms with Crippen molar-refractivity contribution in [1.82, 2.24) is 0 Å². The van der Waals surface area contributed by atoms with Crippen molar-refractivity contribution in [1.29, 1.82) is 0 Å². The van der Waals surface area contributed by atoms with Gasteiger partial charge in [0, 0.05) is 25.2 Å². The molecular weight excluding hydrogens is 506 g/mol. The van der Waals surface area contributed by atoms with Crippen LogP contribution in [0.15, 0.2) is 65.4 Å². The van der Waals surface area contributed by atoms with E-state index in [-0.39, 0.29) is 23.1 Å². The van der Waals surface area contributed by atoms with Gasteiger partial charge in [-0.3, -0.25) is 0 Å². The molecule has 0 saturated carbocycles. The van der Waals surface area contributed by atoms with E-state index in [0.29, 0.717) is 15.7 Å². The number of carbonyl (C=O) groups is 1. The molecule has 4 nitrogen and oxygen atoms in total. The number of halogens is 1. The maximum Gasteiger partial charge on any atom is 0.349 e. The average molecular weight is 535 g/mol. The molecule has 1 aromatic carbocycles. The van der Waals surface area contributed by atoms with Crippen molar-refractivity contribution in [2.24, 2.45) is 5.92 Å². The summed E-state index contributed by atoms with van der Waals surface area (Å²) in [6.07, 6.45) is 3.09. The first-order chi connectivity index (χ1) is 15.1. The number of rotatable bonds is 7. The standard InChI is InChI=1S/C25H28NO3S2.BrH/c27-24(25(28,22-8-4-16-30-22)23-9-5-17-31-23)29-21-18-26(14-11-20(21)12-15-26)13-10-19-6-2-1-3-7-19;/h1-9,16-17,20-21,28H,10-15,18H2;1H/q+1;/p-1/t20?,21-,26?;/m0./s1. The minimum Gasteiger partial charge on any atom is -1.00 e. The fraction of sp³-hybridized carbons (Fsp3) is 0.400. The fourth-order valence-electron chi connectivity index (χ4n) is 5.19. The van der Waals surface area contributed by atoms with Crippen LogP contribution in [0, 0.1) is 5.92 Å². The second kappa shape index (κ2) is 9.77. The second-order valence-corrected chi connectivity index (χ2v) is 10.8. The Balaban J connectivity index is 0.00000245. The first-order valence-electron chi connectivity index (χ1n) is 11.0. The summed E-state index contributed by atoms with van der Waals surface area (Å²) in [5.74, 6) is -0.131. The van der Waals surface area contributed by atoms with Crippen molar-refractivity contribution in [2.45, 2.75) is 31.0 Å². The van der Waals surface area contributed by atoms with Gasteiger partial charge in [-0.15, -0.1) is 22.7 Å². The number of aliphatic hydroxyl groups is 1. The lowest BCUT2D eigenvalue weighted by atomic mass is 9.82. The minimum absolute atomic E-state index is 0. The van der Waals surface area contributed by atoms with E-state index in [1.54, 1.807) is 0 Å². The molecule has 0 spiro atoms. The van der Waals surface area contributed by atoms with Crippen LogP contribution >= 0.6 is 22.7 Å². The predicted molar refractivity (Wildman–Crippen MR) is 124 cm³/mol. The van der Waals surface area contributed by atoms with Crippen LogP contribution in [0.3, 0.4) is 0 Å². The Hall–Kier alpha value is -1.51. The highest BCUT2D eigenvalue weighted by Crippen LogP contribution is 2.40. The summed E-state index contributed by atoms with van der Waals surface area (Å²) in [6, 6.07) is 18.0. The van der Waals surface area contributed by atoms with E-state index >= 15 is 0 Å². The Morgan fingerprint density at radius 1 is 1.00 bits per heavy atom. The molecule has 3 aromatic rings. The highest BCUT2D eigenvalue weighted by molar-refractivity contribution is 7.12. The molecule has 6 rings (SSSR count). The summed E-state index contributed by atoms with van der Waals surface area (Å²) in [6.45, 7) is 4.25. The van der Waals surface area contributed by atoms with E-state index in [2.05, 4.69) is 30.3 Å². The summed E-state index contributed by atoms with van der Waals surface area (Å²) < 4.78 is 7.14. The zero-order valence-electron chi connectivity index (χ0n) is 17.9. The van der Waals surface area contributed by atoms with E-state index in [9.17, 15) is 9.90 Å². The van der Waals surface area contributed by atoms with Gasteiger partial charge in [0.2, 0.25) is 5.60 Å². The van der Waals surface area contributed by atoms with Crippen LogP contribution in [0.2, 0.25) is 0 Å². The van der Waals surface area contributed by atoms with Crippen LogP contribution < -0.4 is 17.0 Å². The summed E-state index contributed by atoms with van der Waals surface area (Å²) in [5.41, 5.74) is -0.357. The molecule has 3 aliphatic heterocycles. The van der Waals surface area contributed by atoms with Gasteiger partial charge in [0.25, 0.3) is 0 Å². The molecule has 1 N–H and O–H groups in total. The summed E-state index contributed by atoms with van der Waals surface area (Å²) in [5, 5.41) is 15.3. The Morgan fingerprint density at radius 3 is 2.19 bits per heavy atom. The number of hydrogen-bond donors (Lipinski definition) is 1. The van der Waals surface area contributed by atoms with Gasteiger partial charge in [0.05, 0.1) is 29.4 Å². The minimum atomic E-state index is -1.72. The van der Waals surface area contributed by atoms with Gasteiger partial charge in [-0.25, -0.2) is 4.79 Å². The Bertz CT molecular complexity index is 965. The Kier molecular flexibility index (Phi) is 7.22. The first kappa shape index (κ1) is 23.6. The molecule has 3 aliphatic rings. The normalized spacial score (nSPS) is 24.7. The van der Waals surface area contributed by atoms with Crippen LogP contribution in [-0.2, 0) is 21.6 Å². The average Bonchev–Trinajstić information content (AvgIpc) is 3.54. The molecule has 3 fully saturated rings. The van der Waals surface area contributed by atoms with Gasteiger partial charge < -0.3 is 31.3 Å². The highest BCUT2D eigenvalue weighted by Gasteiger charge is 2.51. The van der Waals surface area contributed by atoms with Crippen molar-refractivity contribution < 1.29 is 36.1 Å². The molecule has 1 atom stereocenters. The van der Waals surface area contributed by atoms with E-state index in [1.807, 2.05) is 35.0 Å². The Morgan fingerprint density at radius 2 is 1.62 bits per heavy atom. The lowest BCUT2D eigenvalue weighted by Crippen LogP contribution is -3.00. The fourth-order valence-corrected chi connectivity index (χ4v) is 6.91. The number of fused-ring (bicyclic) bond motifs is 3. The lowest BCUT2D eigenvalue weighted by Gasteiger charge is -2.52. The summed E-state index contributed by atoms with van der Waals surface area (Å²) in [4.78, 5) is 14.7. The third-order valence-electron chi connectivity index (χ3n) is 7.07. The Labute approximate surface area is 207 Å². The zero-order valence-corrected chi connectivity index (χ0v) is 21.1. The van der Waals surface area contributed by atoms with Crippen molar-refractivity contribution in [3.63, 3.8) is 0 Å². The first-order valence-corrected chi connectivity index (χ1v) is 12.8. The smallest absolute Gasteiger partial charge is 0.349 e. The van der Waals surface area contributed by atoms with E-state index in [1.165, 1.54) is 28.2 Å². The van der Waals surface area contributed by atoms with E-state index < -0.39 is 11.6 Å². The van der Waals surface area contributed by atoms with Crippen molar-refractivity contribution in [3.8, 4) is 0 Å². The van der Waals surface area contributed by atoms with Crippen LogP contribution in [0.5, 0.6) is 0 Å². The molecule has 0 unspecified atom stereocenters. The second-order valence-electron chi connectivity index (χ2n) is 8.88. The van der Waals surface area contributed by atoms with Crippen LogP contribution in [0.1, 0.15) is 28.2 Å². The van der Waals surface area contributed by atoms with E-state index in [4.69, 9.17) is 4.74 Å². The van der Waals surface area contributed by atoms with Gasteiger partial charge in [0.15, 0.2) is 6.10 Å². The third-order valence-corrected chi connectivity index (χ3v) is 9.03. The number of esters is 1. The summed E-state index contributed by atoms with van der Waals surface area (Å²) in [7, 11) is 0. The molecule has 0 radical (unpaired) electrons. The number of quaternary nitrogens is 1. The predicted octanol–water partition coefficient (Wildman–Crippen LogP) is 1.44. The number of ether oxygens (including phenoxy) is 1. The third kappa shape index (κ3) is 4.46. The van der Waals surface area contributed by atoms with Crippen LogP contribution in [-0.4, -0.2) is 47.8 Å². The molecule has 0 amide bonds. The molecule has 7 heteroatoms. The maximum atomic E-state index is 13.4. The lowest BCUT2D eigenvalue weighted by molar-refractivity contribution is -0.946. The number of hydrogen-bond acceptors (Lipinski definition) is 5. The molecule has 2 bridgehead atoms. The van der Waals surface area contributed by atoms with Crippen LogP contribution in [0.25, 0.3) is 0 Å². The largest absolute Gasteiger partial charge is 1.00 e. The van der Waals surface area contributed by atoms with Crippen molar-refractivity contribution >= 4 is 28.6 Å². The molecule has 2 aromatic heterocycles. The molecular formula is C25H28BrNO3S2. The highest BCUT2D eigenvalue weighted by atomic mass is 79.9. The topological polar surface area (TPSA) is 46.5 Å². The van der Waals surface area contributed by atoms with Gasteiger partial charge >= 0.3 is 5.97 Å². The molecule has 32 heavy (non-hydrogen) atoms. The van der Waals surface area contributed by atoms with E-state index in [0.717, 1.165) is 49.9 Å². The van der Waals surface area contributed by atoms with Gasteiger partial charge in [-0.05, 0) is 28.5 Å². The number of benzene rings is 1. The van der Waals surface area contributed by atoms with Crippen molar-refractivity contribution in [3.05, 3.63) is 80.7 Å². The van der Waals surface area contributed by atoms with Crippen molar-refractivity contribution in [2.75, 3.05) is 26.2 Å². The molecule has 0 aliphatic carbocycles. The number of nitrogens with zero attached hydrogens (tertiary/aromatic N) is 1. The SMILES string of the molecule is O=C(O[C@H]1C[N+]2(CCc3ccccc3)CCC1CC2)C(O)(c1cccs1)c1cccs1.[Br-]. The quantitative estimate of drug-likeness (QED) is 0.369. The van der Waals surface area contributed by atoms with Gasteiger partial charge in [0.1, 0.15) is 6.54 Å². The zero-order chi connectivity index (χ0) is 21.3.